The van der Waals surface area contributed by atoms with E-state index in [0.717, 1.165) is 27.1 Å². The van der Waals surface area contributed by atoms with Crippen molar-refractivity contribution in [1.29, 1.82) is 0 Å². The van der Waals surface area contributed by atoms with Crippen molar-refractivity contribution in [2.45, 2.75) is 13.3 Å². The Labute approximate surface area is 94.0 Å². The highest BCUT2D eigenvalue weighted by Gasteiger charge is 2.14. The van der Waals surface area contributed by atoms with Crippen LogP contribution in [0.2, 0.25) is 0 Å². The number of hydrogen-bond donors (Lipinski definition) is 1. The summed E-state index contributed by atoms with van der Waals surface area (Å²) in [5, 5.41) is 5.78. The van der Waals surface area contributed by atoms with Crippen molar-refractivity contribution >= 4 is 33.1 Å². The molecule has 0 unspecified atom stereocenters. The molecule has 3 nitrogen and oxygen atoms in total. The van der Waals surface area contributed by atoms with E-state index in [-0.39, 0.29) is 0 Å². The van der Waals surface area contributed by atoms with E-state index in [4.69, 9.17) is 10.3 Å². The largest absolute Gasteiger partial charge is 0.381 e. The SMILES string of the molecule is CCc1c(N)noc1-c1csc(Br)c1. The van der Waals surface area contributed by atoms with Gasteiger partial charge in [0.1, 0.15) is 0 Å². The van der Waals surface area contributed by atoms with Gasteiger partial charge < -0.3 is 10.3 Å². The molecule has 0 spiro atoms. The first kappa shape index (κ1) is 9.73. The number of rotatable bonds is 2. The number of aromatic nitrogens is 1. The van der Waals surface area contributed by atoms with Crippen LogP contribution in [0.4, 0.5) is 5.82 Å². The van der Waals surface area contributed by atoms with Gasteiger partial charge in [-0.25, -0.2) is 0 Å². The van der Waals surface area contributed by atoms with Gasteiger partial charge in [-0.05, 0) is 28.4 Å². The molecule has 0 aliphatic carbocycles. The smallest absolute Gasteiger partial charge is 0.173 e. The third kappa shape index (κ3) is 1.57. The molecule has 0 aliphatic heterocycles. The molecule has 0 saturated heterocycles. The molecule has 2 aromatic rings. The summed E-state index contributed by atoms with van der Waals surface area (Å²) in [6, 6.07) is 2.00. The Balaban J connectivity index is 2.51. The van der Waals surface area contributed by atoms with E-state index < -0.39 is 0 Å². The van der Waals surface area contributed by atoms with Gasteiger partial charge in [-0.1, -0.05) is 12.1 Å². The number of hydrogen-bond acceptors (Lipinski definition) is 4. The van der Waals surface area contributed by atoms with Gasteiger partial charge in [0.05, 0.1) is 3.79 Å². The quantitative estimate of drug-likeness (QED) is 0.913. The highest BCUT2D eigenvalue weighted by atomic mass is 79.9. The minimum atomic E-state index is 0.491. The van der Waals surface area contributed by atoms with Crippen LogP contribution in [0.15, 0.2) is 19.8 Å². The zero-order valence-corrected chi connectivity index (χ0v) is 9.98. The predicted octanol–water partition coefficient (Wildman–Crippen LogP) is 3.31. The predicted molar refractivity (Wildman–Crippen MR) is 61.3 cm³/mol. The van der Waals surface area contributed by atoms with Gasteiger partial charge in [-0.3, -0.25) is 0 Å². The van der Waals surface area contributed by atoms with Crippen LogP contribution in [0.1, 0.15) is 12.5 Å². The van der Waals surface area contributed by atoms with E-state index in [0.29, 0.717) is 5.82 Å². The number of nitrogen functional groups attached to an aromatic ring is 1. The van der Waals surface area contributed by atoms with Crippen LogP contribution in [0.25, 0.3) is 11.3 Å². The fourth-order valence-corrected chi connectivity index (χ4v) is 2.46. The van der Waals surface area contributed by atoms with Crippen LogP contribution in [-0.2, 0) is 6.42 Å². The third-order valence-corrected chi connectivity index (χ3v) is 3.51. The fraction of sp³-hybridized carbons (Fsp3) is 0.222. The molecule has 5 heteroatoms. The van der Waals surface area contributed by atoms with Crippen LogP contribution >= 0.6 is 27.3 Å². The van der Waals surface area contributed by atoms with Crippen LogP contribution in [-0.4, -0.2) is 5.16 Å². The van der Waals surface area contributed by atoms with Crippen molar-refractivity contribution in [2.24, 2.45) is 0 Å². The van der Waals surface area contributed by atoms with E-state index in [9.17, 15) is 0 Å². The van der Waals surface area contributed by atoms with Crippen molar-refractivity contribution in [1.82, 2.24) is 5.16 Å². The molecule has 0 amide bonds. The Hall–Kier alpha value is -0.810. The number of anilines is 1. The van der Waals surface area contributed by atoms with E-state index in [2.05, 4.69) is 21.1 Å². The normalized spacial score (nSPS) is 10.7. The highest BCUT2D eigenvalue weighted by Crippen LogP contribution is 2.33. The van der Waals surface area contributed by atoms with Crippen molar-refractivity contribution in [3.63, 3.8) is 0 Å². The lowest BCUT2D eigenvalue weighted by Crippen LogP contribution is -1.90. The minimum Gasteiger partial charge on any atom is -0.381 e. The Morgan fingerprint density at radius 3 is 3.00 bits per heavy atom. The minimum absolute atomic E-state index is 0.491. The lowest BCUT2D eigenvalue weighted by molar-refractivity contribution is 0.435. The first-order valence-corrected chi connectivity index (χ1v) is 5.88. The molecule has 0 aromatic carbocycles. The number of halogens is 1. The Bertz CT molecular complexity index is 449. The van der Waals surface area contributed by atoms with Crippen molar-refractivity contribution in [2.75, 3.05) is 5.73 Å². The summed E-state index contributed by atoms with van der Waals surface area (Å²) in [5.41, 5.74) is 7.70. The maximum Gasteiger partial charge on any atom is 0.173 e. The molecule has 2 N–H and O–H groups in total. The van der Waals surface area contributed by atoms with Crippen LogP contribution in [0.5, 0.6) is 0 Å². The van der Waals surface area contributed by atoms with Gasteiger partial charge in [0.25, 0.3) is 0 Å². The average Bonchev–Trinajstić information content (AvgIpc) is 2.71. The maximum absolute atomic E-state index is 5.68. The summed E-state index contributed by atoms with van der Waals surface area (Å²) in [4.78, 5) is 0. The third-order valence-electron chi connectivity index (χ3n) is 2.00. The fourth-order valence-electron chi connectivity index (χ4n) is 1.32. The first-order valence-electron chi connectivity index (χ1n) is 4.20. The zero-order chi connectivity index (χ0) is 10.1. The molecule has 74 valence electrons. The lowest BCUT2D eigenvalue weighted by Gasteiger charge is -1.94. The molecular weight excluding hydrogens is 264 g/mol. The topological polar surface area (TPSA) is 52.0 Å². The number of nitrogens with zero attached hydrogens (tertiary/aromatic N) is 1. The number of thiophene rings is 1. The second kappa shape index (κ2) is 3.74. The summed E-state index contributed by atoms with van der Waals surface area (Å²) >= 11 is 5.02. The highest BCUT2D eigenvalue weighted by molar-refractivity contribution is 9.11. The molecule has 14 heavy (non-hydrogen) atoms. The molecule has 0 bridgehead atoms. The van der Waals surface area contributed by atoms with Gasteiger partial charge >= 0.3 is 0 Å². The second-order valence-corrected chi connectivity index (χ2v) is 5.16. The zero-order valence-electron chi connectivity index (χ0n) is 7.58. The van der Waals surface area contributed by atoms with Gasteiger partial charge in [0.2, 0.25) is 0 Å². The Kier molecular flexibility index (Phi) is 2.60. The number of nitrogens with two attached hydrogens (primary N) is 1. The summed E-state index contributed by atoms with van der Waals surface area (Å²) in [7, 11) is 0. The standard InChI is InChI=1S/C9H9BrN2OS/c1-2-6-8(13-12-9(6)11)5-3-7(10)14-4-5/h3-4H,2H2,1H3,(H2,11,12). The van der Waals surface area contributed by atoms with E-state index in [1.54, 1.807) is 11.3 Å². The monoisotopic (exact) mass is 272 g/mol. The molecule has 2 aromatic heterocycles. The molecule has 2 rings (SSSR count). The summed E-state index contributed by atoms with van der Waals surface area (Å²) in [6.07, 6.45) is 0.831. The summed E-state index contributed by atoms with van der Waals surface area (Å²) in [6.45, 7) is 2.04. The van der Waals surface area contributed by atoms with E-state index in [1.165, 1.54) is 0 Å². The van der Waals surface area contributed by atoms with Gasteiger partial charge in [-0.15, -0.1) is 11.3 Å². The molecule has 0 radical (unpaired) electrons. The van der Waals surface area contributed by atoms with E-state index >= 15 is 0 Å². The summed E-state index contributed by atoms with van der Waals surface area (Å²) in [5.74, 6) is 1.27. The second-order valence-electron chi connectivity index (χ2n) is 2.87. The van der Waals surface area contributed by atoms with E-state index in [1.807, 2.05) is 18.4 Å². The molecular formula is C9H9BrN2OS. The average molecular weight is 273 g/mol. The Morgan fingerprint density at radius 1 is 1.64 bits per heavy atom. The molecule has 0 fully saturated rings. The van der Waals surface area contributed by atoms with Crippen molar-refractivity contribution < 1.29 is 4.52 Å². The molecule has 0 saturated carbocycles. The van der Waals surface area contributed by atoms with Crippen molar-refractivity contribution in [3.05, 3.63) is 20.8 Å². The van der Waals surface area contributed by atoms with Crippen LogP contribution < -0.4 is 5.73 Å². The van der Waals surface area contributed by atoms with Crippen LogP contribution in [0, 0.1) is 0 Å². The maximum atomic E-state index is 5.68. The Morgan fingerprint density at radius 2 is 2.43 bits per heavy atom. The van der Waals surface area contributed by atoms with Crippen molar-refractivity contribution in [3.8, 4) is 11.3 Å². The molecule has 2 heterocycles. The van der Waals surface area contributed by atoms with Gasteiger partial charge in [-0.2, -0.15) is 0 Å². The first-order chi connectivity index (χ1) is 6.72. The molecule has 0 aliphatic rings. The van der Waals surface area contributed by atoms with Crippen LogP contribution in [0.3, 0.4) is 0 Å². The lowest BCUT2D eigenvalue weighted by atomic mass is 10.1. The van der Waals surface area contributed by atoms with Gasteiger partial charge in [0.15, 0.2) is 11.6 Å². The van der Waals surface area contributed by atoms with Gasteiger partial charge in [0, 0.05) is 16.5 Å². The summed E-state index contributed by atoms with van der Waals surface area (Å²) < 4.78 is 6.27. The molecule has 0 atom stereocenters.